The standard InChI is InChI=1S/C12H16N4O4S/c1-19-8-7-16-11(14-15-12(16)21(13,17)18)9-20-10-5-3-2-4-6-10/h2-6H,7-9H2,1H3,(H2,13,17,18). The van der Waals surface area contributed by atoms with Crippen molar-refractivity contribution in [3.05, 3.63) is 36.2 Å². The summed E-state index contributed by atoms with van der Waals surface area (Å²) in [7, 11) is -2.43. The third kappa shape index (κ3) is 4.00. The first kappa shape index (κ1) is 15.4. The lowest BCUT2D eigenvalue weighted by Crippen LogP contribution is -2.21. The molecule has 1 heterocycles. The van der Waals surface area contributed by atoms with Crippen LogP contribution in [0.5, 0.6) is 5.75 Å². The topological polar surface area (TPSA) is 109 Å². The molecule has 0 aliphatic rings. The summed E-state index contributed by atoms with van der Waals surface area (Å²) in [6, 6.07) is 9.11. The van der Waals surface area contributed by atoms with E-state index in [0.717, 1.165) is 0 Å². The van der Waals surface area contributed by atoms with Gasteiger partial charge in [0.1, 0.15) is 12.4 Å². The molecule has 2 N–H and O–H groups in total. The van der Waals surface area contributed by atoms with E-state index in [9.17, 15) is 8.42 Å². The Morgan fingerprint density at radius 1 is 1.24 bits per heavy atom. The number of benzene rings is 1. The second kappa shape index (κ2) is 6.66. The van der Waals surface area contributed by atoms with E-state index in [2.05, 4.69) is 10.2 Å². The Balaban J connectivity index is 2.20. The fraction of sp³-hybridized carbons (Fsp3) is 0.333. The lowest BCUT2D eigenvalue weighted by Gasteiger charge is -2.09. The molecule has 114 valence electrons. The molecule has 1 aromatic heterocycles. The second-order valence-corrected chi connectivity index (χ2v) is 5.65. The maximum atomic E-state index is 11.5. The predicted octanol–water partition coefficient (Wildman–Crippen LogP) is 0.151. The number of hydrogen-bond donors (Lipinski definition) is 1. The highest BCUT2D eigenvalue weighted by atomic mass is 32.2. The Bertz CT molecular complexity index is 685. The molecule has 0 atom stereocenters. The first-order valence-corrected chi connectivity index (χ1v) is 7.68. The Kier molecular flexibility index (Phi) is 4.89. The fourth-order valence-corrected chi connectivity index (χ4v) is 2.37. The van der Waals surface area contributed by atoms with Gasteiger partial charge in [0.05, 0.1) is 13.2 Å². The van der Waals surface area contributed by atoms with Gasteiger partial charge in [0, 0.05) is 7.11 Å². The summed E-state index contributed by atoms with van der Waals surface area (Å²) >= 11 is 0. The summed E-state index contributed by atoms with van der Waals surface area (Å²) in [5, 5.41) is 12.3. The van der Waals surface area contributed by atoms with Crippen molar-refractivity contribution in [2.75, 3.05) is 13.7 Å². The minimum absolute atomic E-state index is 0.0796. The molecule has 0 saturated heterocycles. The van der Waals surface area contributed by atoms with Gasteiger partial charge in [-0.05, 0) is 12.1 Å². The average Bonchev–Trinajstić information content (AvgIpc) is 2.87. The average molecular weight is 312 g/mol. The van der Waals surface area contributed by atoms with Crippen LogP contribution in [0.4, 0.5) is 0 Å². The molecule has 21 heavy (non-hydrogen) atoms. The van der Waals surface area contributed by atoms with Crippen LogP contribution in [-0.4, -0.2) is 36.9 Å². The molecule has 0 radical (unpaired) electrons. The minimum Gasteiger partial charge on any atom is -0.486 e. The smallest absolute Gasteiger partial charge is 0.273 e. The maximum Gasteiger partial charge on any atom is 0.273 e. The first-order valence-electron chi connectivity index (χ1n) is 6.14. The molecule has 0 bridgehead atoms. The van der Waals surface area contributed by atoms with E-state index in [4.69, 9.17) is 14.6 Å². The van der Waals surface area contributed by atoms with E-state index in [0.29, 0.717) is 18.2 Å². The quantitative estimate of drug-likeness (QED) is 0.779. The van der Waals surface area contributed by atoms with Crippen LogP contribution in [-0.2, 0) is 27.9 Å². The van der Waals surface area contributed by atoms with Crippen molar-refractivity contribution < 1.29 is 17.9 Å². The van der Waals surface area contributed by atoms with Crippen molar-refractivity contribution in [1.82, 2.24) is 14.8 Å². The van der Waals surface area contributed by atoms with Crippen molar-refractivity contribution in [2.24, 2.45) is 5.14 Å². The number of aromatic nitrogens is 3. The number of primary sulfonamides is 1. The van der Waals surface area contributed by atoms with Crippen molar-refractivity contribution in [3.63, 3.8) is 0 Å². The SMILES string of the molecule is COCCn1c(COc2ccccc2)nnc1S(N)(=O)=O. The number of nitrogens with two attached hydrogens (primary N) is 1. The summed E-state index contributed by atoms with van der Waals surface area (Å²) in [5.74, 6) is 1.01. The first-order chi connectivity index (χ1) is 10.0. The molecule has 9 heteroatoms. The normalized spacial score (nSPS) is 11.5. The highest BCUT2D eigenvalue weighted by molar-refractivity contribution is 7.89. The Morgan fingerprint density at radius 3 is 2.57 bits per heavy atom. The summed E-state index contributed by atoms with van der Waals surface area (Å²) < 4.78 is 34.8. The lowest BCUT2D eigenvalue weighted by molar-refractivity contribution is 0.180. The summed E-state index contributed by atoms with van der Waals surface area (Å²) in [6.07, 6.45) is 0. The fourth-order valence-electron chi connectivity index (χ4n) is 1.71. The number of hydrogen-bond acceptors (Lipinski definition) is 6. The van der Waals surface area contributed by atoms with Crippen LogP contribution in [0.1, 0.15) is 5.82 Å². The zero-order valence-electron chi connectivity index (χ0n) is 11.5. The van der Waals surface area contributed by atoms with Gasteiger partial charge in [0.25, 0.3) is 15.2 Å². The monoisotopic (exact) mass is 312 g/mol. The molecule has 0 aliphatic carbocycles. The van der Waals surface area contributed by atoms with Gasteiger partial charge in [-0.15, -0.1) is 10.2 Å². The van der Waals surface area contributed by atoms with Gasteiger partial charge in [0.15, 0.2) is 5.82 Å². The van der Waals surface area contributed by atoms with Gasteiger partial charge >= 0.3 is 0 Å². The van der Waals surface area contributed by atoms with Crippen LogP contribution in [0, 0.1) is 0 Å². The highest BCUT2D eigenvalue weighted by Crippen LogP contribution is 2.13. The minimum atomic E-state index is -3.95. The highest BCUT2D eigenvalue weighted by Gasteiger charge is 2.21. The molecule has 2 aromatic rings. The van der Waals surface area contributed by atoms with Crippen LogP contribution in [0.3, 0.4) is 0 Å². The molecule has 2 rings (SSSR count). The maximum absolute atomic E-state index is 11.5. The van der Waals surface area contributed by atoms with E-state index in [1.54, 1.807) is 12.1 Å². The van der Waals surface area contributed by atoms with E-state index >= 15 is 0 Å². The molecule has 1 aromatic carbocycles. The summed E-state index contributed by atoms with van der Waals surface area (Å²) in [5.41, 5.74) is 0. The number of methoxy groups -OCH3 is 1. The zero-order valence-corrected chi connectivity index (χ0v) is 12.3. The number of nitrogens with zero attached hydrogens (tertiary/aromatic N) is 3. The van der Waals surface area contributed by atoms with Gasteiger partial charge in [-0.25, -0.2) is 13.6 Å². The Labute approximate surface area is 122 Å². The third-order valence-corrected chi connectivity index (χ3v) is 3.49. The Hall–Kier alpha value is -1.97. The lowest BCUT2D eigenvalue weighted by atomic mass is 10.3. The van der Waals surface area contributed by atoms with Crippen molar-refractivity contribution >= 4 is 10.0 Å². The number of sulfonamides is 1. The molecular formula is C12H16N4O4S. The van der Waals surface area contributed by atoms with Gasteiger partial charge in [-0.1, -0.05) is 18.2 Å². The molecule has 0 amide bonds. The van der Waals surface area contributed by atoms with Crippen LogP contribution in [0.25, 0.3) is 0 Å². The molecule has 0 unspecified atom stereocenters. The van der Waals surface area contributed by atoms with Crippen molar-refractivity contribution in [1.29, 1.82) is 0 Å². The van der Waals surface area contributed by atoms with E-state index in [1.807, 2.05) is 18.2 Å². The van der Waals surface area contributed by atoms with Crippen LogP contribution in [0.15, 0.2) is 35.5 Å². The van der Waals surface area contributed by atoms with E-state index in [1.165, 1.54) is 11.7 Å². The van der Waals surface area contributed by atoms with Gasteiger partial charge in [-0.2, -0.15) is 0 Å². The molecule has 8 nitrogen and oxygen atoms in total. The van der Waals surface area contributed by atoms with Gasteiger partial charge in [-0.3, -0.25) is 4.57 Å². The molecule has 0 saturated carbocycles. The molecule has 0 fully saturated rings. The second-order valence-electron chi connectivity index (χ2n) is 4.19. The largest absolute Gasteiger partial charge is 0.486 e. The zero-order chi connectivity index (χ0) is 15.3. The number of ether oxygens (including phenoxy) is 2. The number of para-hydroxylation sites is 1. The van der Waals surface area contributed by atoms with Gasteiger partial charge in [0.2, 0.25) is 0 Å². The summed E-state index contributed by atoms with van der Waals surface area (Å²) in [4.78, 5) is 0. The van der Waals surface area contributed by atoms with Crippen LogP contribution >= 0.6 is 0 Å². The molecule has 0 aliphatic heterocycles. The van der Waals surface area contributed by atoms with Crippen LogP contribution in [0.2, 0.25) is 0 Å². The van der Waals surface area contributed by atoms with Crippen molar-refractivity contribution in [2.45, 2.75) is 18.3 Å². The van der Waals surface area contributed by atoms with Crippen molar-refractivity contribution in [3.8, 4) is 5.75 Å². The van der Waals surface area contributed by atoms with E-state index < -0.39 is 10.0 Å². The molecular weight excluding hydrogens is 296 g/mol. The predicted molar refractivity (Wildman–Crippen MR) is 74.0 cm³/mol. The summed E-state index contributed by atoms with van der Waals surface area (Å²) in [6.45, 7) is 0.651. The van der Waals surface area contributed by atoms with Crippen LogP contribution < -0.4 is 9.88 Å². The molecule has 0 spiro atoms. The Morgan fingerprint density at radius 2 is 1.95 bits per heavy atom. The third-order valence-electron chi connectivity index (χ3n) is 2.68. The van der Waals surface area contributed by atoms with Gasteiger partial charge < -0.3 is 9.47 Å². The number of rotatable bonds is 7. The van der Waals surface area contributed by atoms with E-state index in [-0.39, 0.29) is 18.3 Å².